The number of rotatable bonds is 3. The number of hydrogen-bond donors (Lipinski definition) is 0. The second-order valence-corrected chi connectivity index (χ2v) is 5.81. The Morgan fingerprint density at radius 2 is 1.83 bits per heavy atom. The molecule has 1 aromatic carbocycles. The van der Waals surface area contributed by atoms with Crippen LogP contribution in [-0.4, -0.2) is 12.9 Å². The highest BCUT2D eigenvalue weighted by atomic mass is 16.5. The van der Waals surface area contributed by atoms with E-state index in [0.717, 1.165) is 18.6 Å². The summed E-state index contributed by atoms with van der Waals surface area (Å²) in [6, 6.07) is 8.05. The molecule has 0 N–H and O–H groups in total. The number of ether oxygens (including phenoxy) is 1. The number of carbonyl (C=O) groups is 1. The monoisotopic (exact) mass is 244 g/mol. The van der Waals surface area contributed by atoms with E-state index < -0.39 is 0 Å². The van der Waals surface area contributed by atoms with Gasteiger partial charge in [0.1, 0.15) is 5.75 Å². The van der Waals surface area contributed by atoms with Crippen molar-refractivity contribution in [1.29, 1.82) is 0 Å². The van der Waals surface area contributed by atoms with Crippen molar-refractivity contribution in [2.75, 3.05) is 7.11 Å². The molecule has 96 valence electrons. The Morgan fingerprint density at radius 1 is 1.17 bits per heavy atom. The maximum Gasteiger partial charge on any atom is 0.156 e. The van der Waals surface area contributed by atoms with Crippen LogP contribution in [0.2, 0.25) is 0 Å². The lowest BCUT2D eigenvalue weighted by atomic mass is 9.75. The fourth-order valence-corrected chi connectivity index (χ4v) is 2.60. The summed E-state index contributed by atoms with van der Waals surface area (Å²) in [4.78, 5) is 11.7. The molecule has 0 radical (unpaired) electrons. The molecular weight excluding hydrogens is 224 g/mol. The maximum atomic E-state index is 11.7. The number of carbonyl (C=O) groups excluding carboxylic acids is 1. The van der Waals surface area contributed by atoms with Crippen molar-refractivity contribution in [3.8, 4) is 5.75 Å². The van der Waals surface area contributed by atoms with Crippen LogP contribution in [-0.2, 0) is 11.2 Å². The van der Waals surface area contributed by atoms with Gasteiger partial charge in [-0.15, -0.1) is 0 Å². The average molecular weight is 244 g/mol. The lowest BCUT2D eigenvalue weighted by Gasteiger charge is -2.28. The zero-order valence-electron chi connectivity index (χ0n) is 11.3. The molecule has 0 heterocycles. The van der Waals surface area contributed by atoms with Gasteiger partial charge in [0.05, 0.1) is 7.11 Å². The Hall–Kier alpha value is -1.57. The minimum atomic E-state index is 0.105. The van der Waals surface area contributed by atoms with Crippen LogP contribution in [0.1, 0.15) is 32.3 Å². The summed E-state index contributed by atoms with van der Waals surface area (Å²) in [5, 5.41) is 0. The molecule has 0 saturated carbocycles. The highest BCUT2D eigenvalue weighted by Gasteiger charge is 2.27. The molecule has 0 aliphatic heterocycles. The molecule has 0 spiro atoms. The molecule has 2 rings (SSSR count). The van der Waals surface area contributed by atoms with Crippen LogP contribution >= 0.6 is 0 Å². The molecule has 1 aromatic rings. The molecule has 0 unspecified atom stereocenters. The highest BCUT2D eigenvalue weighted by molar-refractivity contribution is 5.91. The largest absolute Gasteiger partial charge is 0.497 e. The van der Waals surface area contributed by atoms with E-state index in [0.29, 0.717) is 6.42 Å². The van der Waals surface area contributed by atoms with Gasteiger partial charge in [-0.25, -0.2) is 0 Å². The van der Waals surface area contributed by atoms with Crippen molar-refractivity contribution in [1.82, 2.24) is 0 Å². The summed E-state index contributed by atoms with van der Waals surface area (Å²) >= 11 is 0. The van der Waals surface area contributed by atoms with Crippen molar-refractivity contribution >= 4 is 5.78 Å². The predicted octanol–water partition coefficient (Wildman–Crippen LogP) is 3.55. The minimum Gasteiger partial charge on any atom is -0.497 e. The maximum absolute atomic E-state index is 11.7. The van der Waals surface area contributed by atoms with Gasteiger partial charge < -0.3 is 4.74 Å². The number of ketones is 1. The van der Waals surface area contributed by atoms with Crippen LogP contribution in [0, 0.1) is 5.41 Å². The number of methoxy groups -OCH3 is 1. The van der Waals surface area contributed by atoms with Crippen molar-refractivity contribution < 1.29 is 9.53 Å². The first kappa shape index (κ1) is 12.9. The molecule has 1 aliphatic rings. The molecule has 2 heteroatoms. The molecule has 0 saturated heterocycles. The molecule has 1 aliphatic carbocycles. The summed E-state index contributed by atoms with van der Waals surface area (Å²) in [7, 11) is 1.67. The van der Waals surface area contributed by atoms with Gasteiger partial charge in [-0.05, 0) is 42.0 Å². The number of benzene rings is 1. The van der Waals surface area contributed by atoms with Crippen LogP contribution in [0.25, 0.3) is 0 Å². The smallest absolute Gasteiger partial charge is 0.156 e. The Balaban J connectivity index is 2.11. The second kappa shape index (κ2) is 4.97. The fraction of sp³-hybridized carbons (Fsp3) is 0.438. The van der Waals surface area contributed by atoms with E-state index in [9.17, 15) is 4.79 Å². The summed E-state index contributed by atoms with van der Waals surface area (Å²) < 4.78 is 5.14. The third-order valence-electron chi connectivity index (χ3n) is 3.31. The van der Waals surface area contributed by atoms with Gasteiger partial charge in [-0.3, -0.25) is 4.79 Å². The molecule has 18 heavy (non-hydrogen) atoms. The van der Waals surface area contributed by atoms with E-state index in [1.807, 2.05) is 18.2 Å². The van der Waals surface area contributed by atoms with Gasteiger partial charge in [0.25, 0.3) is 0 Å². The predicted molar refractivity (Wildman–Crippen MR) is 72.8 cm³/mol. The summed E-state index contributed by atoms with van der Waals surface area (Å²) in [5.41, 5.74) is 2.57. The lowest BCUT2D eigenvalue weighted by Crippen LogP contribution is -2.22. The molecule has 2 nitrogen and oxygen atoms in total. The summed E-state index contributed by atoms with van der Waals surface area (Å²) in [6.07, 6.45) is 4.36. The van der Waals surface area contributed by atoms with Crippen molar-refractivity contribution in [2.45, 2.75) is 33.1 Å². The van der Waals surface area contributed by atoms with Crippen molar-refractivity contribution in [2.24, 2.45) is 5.41 Å². The van der Waals surface area contributed by atoms with Crippen LogP contribution in [0.3, 0.4) is 0 Å². The molecule has 0 atom stereocenters. The van der Waals surface area contributed by atoms with E-state index in [1.165, 1.54) is 11.1 Å². The fourth-order valence-electron chi connectivity index (χ4n) is 2.60. The van der Waals surface area contributed by atoms with Crippen LogP contribution < -0.4 is 4.74 Å². The average Bonchev–Trinajstić information content (AvgIpc) is 2.27. The Bertz CT molecular complexity index is 466. The van der Waals surface area contributed by atoms with Gasteiger partial charge in [0.2, 0.25) is 0 Å². The first-order chi connectivity index (χ1) is 8.48. The minimum absolute atomic E-state index is 0.105. The van der Waals surface area contributed by atoms with Crippen LogP contribution in [0.15, 0.2) is 35.9 Å². The quantitative estimate of drug-likeness (QED) is 0.812. The highest BCUT2D eigenvalue weighted by Crippen LogP contribution is 2.34. The zero-order valence-corrected chi connectivity index (χ0v) is 11.3. The second-order valence-electron chi connectivity index (χ2n) is 5.81. The Labute approximate surface area is 109 Å². The molecule has 0 aromatic heterocycles. The Kier molecular flexibility index (Phi) is 3.55. The molecular formula is C16H20O2. The third-order valence-corrected chi connectivity index (χ3v) is 3.31. The van der Waals surface area contributed by atoms with Gasteiger partial charge in [-0.1, -0.05) is 31.6 Å². The lowest BCUT2D eigenvalue weighted by molar-refractivity contribution is -0.117. The normalized spacial score (nSPS) is 18.4. The van der Waals surface area contributed by atoms with Crippen LogP contribution in [0.5, 0.6) is 5.75 Å². The van der Waals surface area contributed by atoms with E-state index in [-0.39, 0.29) is 11.2 Å². The van der Waals surface area contributed by atoms with Crippen molar-refractivity contribution in [3.63, 3.8) is 0 Å². The van der Waals surface area contributed by atoms with Gasteiger partial charge in [-0.2, -0.15) is 0 Å². The first-order valence-electron chi connectivity index (χ1n) is 6.34. The zero-order chi connectivity index (χ0) is 13.2. The van der Waals surface area contributed by atoms with Gasteiger partial charge >= 0.3 is 0 Å². The molecule has 0 fully saturated rings. The third kappa shape index (κ3) is 3.22. The van der Waals surface area contributed by atoms with Gasteiger partial charge in [0.15, 0.2) is 5.78 Å². The standard InChI is InChI=1S/C16H20O2/c1-16(2)10-13(9-14(17)11-16)8-12-4-6-15(18-3)7-5-12/h4-7,9H,8,10-11H2,1-3H3. The Morgan fingerprint density at radius 3 is 2.39 bits per heavy atom. The summed E-state index contributed by atoms with van der Waals surface area (Å²) in [5.74, 6) is 1.13. The topological polar surface area (TPSA) is 26.3 Å². The van der Waals surface area contributed by atoms with Gasteiger partial charge in [0, 0.05) is 6.42 Å². The number of hydrogen-bond acceptors (Lipinski definition) is 2. The number of allylic oxidation sites excluding steroid dienone is 2. The molecule has 0 amide bonds. The SMILES string of the molecule is COc1ccc(CC2=CC(=O)CC(C)(C)C2)cc1. The van der Waals surface area contributed by atoms with Crippen LogP contribution in [0.4, 0.5) is 0 Å². The first-order valence-corrected chi connectivity index (χ1v) is 6.34. The van der Waals surface area contributed by atoms with Crippen molar-refractivity contribution in [3.05, 3.63) is 41.5 Å². The van der Waals surface area contributed by atoms with E-state index in [2.05, 4.69) is 26.0 Å². The molecule has 0 bridgehead atoms. The summed E-state index contributed by atoms with van der Waals surface area (Å²) in [6.45, 7) is 4.32. The van der Waals surface area contributed by atoms with E-state index in [1.54, 1.807) is 7.11 Å². The van der Waals surface area contributed by atoms with E-state index in [4.69, 9.17) is 4.74 Å². The van der Waals surface area contributed by atoms with E-state index >= 15 is 0 Å².